The minimum absolute atomic E-state index is 0.135. The quantitative estimate of drug-likeness (QED) is 0.336. The van der Waals surface area contributed by atoms with Crippen molar-refractivity contribution in [3.8, 4) is 0 Å². The summed E-state index contributed by atoms with van der Waals surface area (Å²) in [5.74, 6) is 0.586. The predicted molar refractivity (Wildman–Crippen MR) is 152 cm³/mol. The van der Waals surface area contributed by atoms with E-state index in [4.69, 9.17) is 0 Å². The van der Waals surface area contributed by atoms with Crippen LogP contribution in [0, 0.1) is 5.92 Å². The number of nitrogens with one attached hydrogen (secondary N) is 3. The van der Waals surface area contributed by atoms with Gasteiger partial charge in [0.2, 0.25) is 0 Å². The van der Waals surface area contributed by atoms with Crippen molar-refractivity contribution in [3.63, 3.8) is 0 Å². The maximum atomic E-state index is 13.3. The highest BCUT2D eigenvalue weighted by atomic mass is 16.3. The lowest BCUT2D eigenvalue weighted by Gasteiger charge is -2.27. The number of benzene rings is 2. The van der Waals surface area contributed by atoms with Crippen LogP contribution >= 0.6 is 0 Å². The zero-order valence-corrected chi connectivity index (χ0v) is 22.7. The van der Waals surface area contributed by atoms with Crippen molar-refractivity contribution in [1.29, 1.82) is 0 Å². The highest BCUT2D eigenvalue weighted by Gasteiger charge is 2.24. The number of hydrogen-bond donors (Lipinski definition) is 5. The summed E-state index contributed by atoms with van der Waals surface area (Å²) in [5, 5.41) is 30.7. The van der Waals surface area contributed by atoms with Crippen LogP contribution < -0.4 is 16.0 Å². The topological polar surface area (TPSA) is 93.6 Å². The minimum atomic E-state index is -0.729. The molecule has 0 aliphatic carbocycles. The van der Waals surface area contributed by atoms with Gasteiger partial charge in [-0.3, -0.25) is 4.79 Å². The molecule has 0 aromatic heterocycles. The van der Waals surface area contributed by atoms with E-state index in [0.29, 0.717) is 42.5 Å². The second kappa shape index (κ2) is 14.9. The second-order valence-corrected chi connectivity index (χ2v) is 10.7. The summed E-state index contributed by atoms with van der Waals surface area (Å²) in [5.41, 5.74) is 4.48. The minimum Gasteiger partial charge on any atom is -0.392 e. The molecule has 202 valence electrons. The molecule has 3 atom stereocenters. The lowest BCUT2D eigenvalue weighted by molar-refractivity contribution is 0.0793. The molecule has 0 saturated carbocycles. The number of allylic oxidation sites excluding steroid dienone is 2. The van der Waals surface area contributed by atoms with Gasteiger partial charge in [-0.15, -0.1) is 0 Å². The lowest BCUT2D eigenvalue weighted by atomic mass is 9.93. The maximum Gasteiger partial charge on any atom is 0.251 e. The van der Waals surface area contributed by atoms with Crippen LogP contribution in [0.1, 0.15) is 85.8 Å². The Kier molecular flexibility index (Phi) is 11.6. The number of carbonyl (C=O) groups excluding carboxylic acids is 1. The summed E-state index contributed by atoms with van der Waals surface area (Å²) < 4.78 is 0. The van der Waals surface area contributed by atoms with Crippen LogP contribution in [-0.4, -0.2) is 41.4 Å². The van der Waals surface area contributed by atoms with Crippen LogP contribution in [0.5, 0.6) is 0 Å². The molecule has 2 bridgehead atoms. The van der Waals surface area contributed by atoms with E-state index in [1.807, 2.05) is 12.1 Å². The molecule has 2 aromatic carbocycles. The van der Waals surface area contributed by atoms with Gasteiger partial charge in [-0.05, 0) is 78.8 Å². The number of carbonyl (C=O) groups is 1. The molecule has 1 aliphatic rings. The largest absolute Gasteiger partial charge is 0.392 e. The highest BCUT2D eigenvalue weighted by Crippen LogP contribution is 2.20. The van der Waals surface area contributed by atoms with E-state index in [2.05, 4.69) is 73.1 Å². The number of rotatable bonds is 7. The molecule has 0 spiro atoms. The third-order valence-corrected chi connectivity index (χ3v) is 7.04. The van der Waals surface area contributed by atoms with E-state index < -0.39 is 6.10 Å². The summed E-state index contributed by atoms with van der Waals surface area (Å²) >= 11 is 0. The Morgan fingerprint density at radius 3 is 2.68 bits per heavy atom. The third-order valence-electron chi connectivity index (χ3n) is 7.04. The molecule has 2 aromatic rings. The van der Waals surface area contributed by atoms with Gasteiger partial charge in [-0.1, -0.05) is 57.2 Å². The van der Waals surface area contributed by atoms with Crippen molar-refractivity contribution in [3.05, 3.63) is 76.9 Å². The summed E-state index contributed by atoms with van der Waals surface area (Å²) in [4.78, 5) is 13.3. The first kappa shape index (κ1) is 28.9. The normalized spacial score (nSPS) is 21.2. The molecular formula is C31H45N3O3. The van der Waals surface area contributed by atoms with Gasteiger partial charge in [0.15, 0.2) is 0 Å². The van der Waals surface area contributed by atoms with Crippen LogP contribution in [0.15, 0.2) is 54.6 Å². The van der Waals surface area contributed by atoms with E-state index in [0.717, 1.165) is 37.9 Å². The van der Waals surface area contributed by atoms with Crippen LogP contribution in [-0.2, 0) is 13.2 Å². The fraction of sp³-hybridized carbons (Fsp3) is 0.516. The first-order valence-corrected chi connectivity index (χ1v) is 13.8. The van der Waals surface area contributed by atoms with Crippen LogP contribution in [0.25, 0.3) is 0 Å². The van der Waals surface area contributed by atoms with E-state index in [1.165, 1.54) is 11.1 Å². The average molecular weight is 508 g/mol. The summed E-state index contributed by atoms with van der Waals surface area (Å²) in [6, 6.07) is 13.5. The molecule has 37 heavy (non-hydrogen) atoms. The van der Waals surface area contributed by atoms with Gasteiger partial charge in [0.1, 0.15) is 0 Å². The van der Waals surface area contributed by atoms with Gasteiger partial charge in [0.05, 0.1) is 18.8 Å². The number of aliphatic hydroxyl groups excluding tert-OH is 2. The molecule has 6 nitrogen and oxygen atoms in total. The molecule has 0 fully saturated rings. The molecule has 3 rings (SSSR count). The molecule has 0 radical (unpaired) electrons. The summed E-state index contributed by atoms with van der Waals surface area (Å²) in [6.45, 7) is 8.25. The van der Waals surface area contributed by atoms with Gasteiger partial charge < -0.3 is 26.2 Å². The van der Waals surface area contributed by atoms with Gasteiger partial charge in [0.25, 0.3) is 5.91 Å². The second-order valence-electron chi connectivity index (χ2n) is 10.7. The number of hydrogen-bond acceptors (Lipinski definition) is 5. The zero-order chi connectivity index (χ0) is 26.6. The first-order chi connectivity index (χ1) is 17.9. The molecule has 5 N–H and O–H groups in total. The molecular weight excluding hydrogens is 462 g/mol. The Labute approximate surface area is 222 Å². The summed E-state index contributed by atoms with van der Waals surface area (Å²) in [6.07, 6.45) is 8.44. The number of anilines is 1. The summed E-state index contributed by atoms with van der Waals surface area (Å²) in [7, 11) is 0. The van der Waals surface area contributed by atoms with E-state index >= 15 is 0 Å². The molecule has 1 heterocycles. The van der Waals surface area contributed by atoms with Gasteiger partial charge in [0, 0.05) is 30.9 Å². The van der Waals surface area contributed by atoms with Crippen molar-refractivity contribution in [2.75, 3.05) is 18.4 Å². The molecule has 1 aliphatic heterocycles. The SMILES string of the molecule is CC(C)c1cccc(CNC[C@@H](O)[C@@H]2C[C@H](C)CC/C=C/CCCNc3cc(CO)cc(c3)C(=O)N2)c1. The van der Waals surface area contributed by atoms with Gasteiger partial charge >= 0.3 is 0 Å². The first-order valence-electron chi connectivity index (χ1n) is 13.8. The Morgan fingerprint density at radius 1 is 1.08 bits per heavy atom. The van der Waals surface area contributed by atoms with Crippen LogP contribution in [0.3, 0.4) is 0 Å². The Morgan fingerprint density at radius 2 is 1.89 bits per heavy atom. The van der Waals surface area contributed by atoms with Gasteiger partial charge in [-0.25, -0.2) is 0 Å². The fourth-order valence-electron chi connectivity index (χ4n) is 4.77. The van der Waals surface area contributed by atoms with E-state index in [-0.39, 0.29) is 18.6 Å². The predicted octanol–water partition coefficient (Wildman–Crippen LogP) is 5.12. The van der Waals surface area contributed by atoms with Crippen molar-refractivity contribution in [1.82, 2.24) is 10.6 Å². The number of aliphatic hydroxyl groups is 2. The highest BCUT2D eigenvalue weighted by molar-refractivity contribution is 5.95. The molecule has 1 amide bonds. The van der Waals surface area contributed by atoms with E-state index in [1.54, 1.807) is 6.07 Å². The standard InChI is InChI=1S/C31H45N3O3/c1-22(2)26-12-9-11-24(15-26)19-32-20-30(36)29-14-23(3)10-7-5-4-6-8-13-33-28-17-25(21-35)16-27(18-28)31(37)34-29/h4-5,9,11-12,15-18,22-23,29-30,32-33,35-36H,6-8,10,13-14,19-21H2,1-3H3,(H,34,37)/b5-4+/t23-,29+,30-/m1/s1. The Hall–Kier alpha value is -2.67. The van der Waals surface area contributed by atoms with E-state index in [9.17, 15) is 15.0 Å². The van der Waals surface area contributed by atoms with Crippen molar-refractivity contribution >= 4 is 11.6 Å². The van der Waals surface area contributed by atoms with Crippen LogP contribution in [0.2, 0.25) is 0 Å². The Balaban J connectivity index is 1.72. The lowest BCUT2D eigenvalue weighted by Crippen LogP contribution is -2.48. The smallest absolute Gasteiger partial charge is 0.251 e. The fourth-order valence-corrected chi connectivity index (χ4v) is 4.77. The third kappa shape index (κ3) is 9.62. The van der Waals surface area contributed by atoms with Gasteiger partial charge in [-0.2, -0.15) is 0 Å². The van der Waals surface area contributed by atoms with Crippen molar-refractivity contribution in [2.45, 2.75) is 84.1 Å². The average Bonchev–Trinajstić information content (AvgIpc) is 2.89. The monoisotopic (exact) mass is 507 g/mol. The van der Waals surface area contributed by atoms with Crippen molar-refractivity contribution < 1.29 is 15.0 Å². The zero-order valence-electron chi connectivity index (χ0n) is 22.7. The van der Waals surface area contributed by atoms with Crippen LogP contribution in [0.4, 0.5) is 5.69 Å². The van der Waals surface area contributed by atoms with Crippen molar-refractivity contribution in [2.24, 2.45) is 5.92 Å². The number of amides is 1. The maximum absolute atomic E-state index is 13.3. The Bertz CT molecular complexity index is 1020. The molecule has 0 saturated heterocycles. The number of fused-ring (bicyclic) bond motifs is 2. The molecule has 0 unspecified atom stereocenters. The molecule has 6 heteroatoms.